The fraction of sp³-hybridized carbons (Fsp3) is 0.200. The van der Waals surface area contributed by atoms with Crippen molar-refractivity contribution in [3.63, 3.8) is 0 Å². The third kappa shape index (κ3) is 2.75. The Bertz CT molecular complexity index is 448. The Morgan fingerprint density at radius 2 is 1.50 bits per heavy atom. The van der Waals surface area contributed by atoms with Gasteiger partial charge in [-0.25, -0.2) is 0 Å². The van der Waals surface area contributed by atoms with Crippen LogP contribution in [0.2, 0.25) is 0 Å². The van der Waals surface area contributed by atoms with Crippen molar-refractivity contribution >= 4 is 19.4 Å². The molecule has 82 valence electrons. The van der Waals surface area contributed by atoms with Crippen LogP contribution < -0.4 is 4.46 Å². The molecule has 0 aliphatic heterocycles. The fourth-order valence-electron chi connectivity index (χ4n) is 1.67. The zero-order valence-corrected chi connectivity index (χ0v) is 11.4. The molecule has 0 nitrogen and oxygen atoms in total. The van der Waals surface area contributed by atoms with Crippen LogP contribution in [0, 0.1) is 6.92 Å². The van der Waals surface area contributed by atoms with Crippen molar-refractivity contribution in [2.24, 2.45) is 0 Å². The Hall–Kier alpha value is -1.04. The summed E-state index contributed by atoms with van der Waals surface area (Å²) < 4.78 is 1.52. The fourth-order valence-corrected chi connectivity index (χ4v) is 3.95. The van der Waals surface area contributed by atoms with E-state index in [1.54, 1.807) is 0 Å². The van der Waals surface area contributed by atoms with Crippen molar-refractivity contribution < 1.29 is 0 Å². The average Bonchev–Trinajstić information content (AvgIpc) is 2.33. The van der Waals surface area contributed by atoms with Gasteiger partial charge in [0.05, 0.1) is 0 Å². The van der Waals surface area contributed by atoms with Crippen molar-refractivity contribution in [3.8, 4) is 0 Å². The summed E-state index contributed by atoms with van der Waals surface area (Å²) in [5.74, 6) is 0. The molecule has 0 saturated heterocycles. The minimum atomic E-state index is 0.521. The number of aryl methyl sites for hydroxylation is 1. The molecule has 16 heavy (non-hydrogen) atoms. The third-order valence-corrected chi connectivity index (χ3v) is 5.47. The average molecular weight is 275 g/mol. The molecule has 0 aliphatic carbocycles. The first-order chi connectivity index (χ1) is 7.77. The van der Waals surface area contributed by atoms with E-state index in [0.29, 0.717) is 19.8 Å². The molecule has 1 heteroatoms. The molecule has 0 aromatic heterocycles. The van der Waals surface area contributed by atoms with E-state index in [1.807, 2.05) is 0 Å². The molecule has 0 N–H and O–H groups in total. The van der Waals surface area contributed by atoms with Gasteiger partial charge >= 0.3 is 104 Å². The van der Waals surface area contributed by atoms with Gasteiger partial charge in [-0.05, 0) is 0 Å². The number of hydrogen-bond donors (Lipinski definition) is 0. The van der Waals surface area contributed by atoms with E-state index in [0.717, 1.165) is 0 Å². The van der Waals surface area contributed by atoms with Crippen molar-refractivity contribution in [1.82, 2.24) is 0 Å². The van der Waals surface area contributed by atoms with Gasteiger partial charge in [-0.2, -0.15) is 0 Å². The van der Waals surface area contributed by atoms with Crippen LogP contribution in [0.3, 0.4) is 0 Å². The summed E-state index contributed by atoms with van der Waals surface area (Å²) in [6.07, 6.45) is 0. The van der Waals surface area contributed by atoms with E-state index in [4.69, 9.17) is 0 Å². The number of rotatable bonds is 3. The molecule has 2 aromatic rings. The van der Waals surface area contributed by atoms with Gasteiger partial charge in [0, 0.05) is 0 Å². The molecule has 0 heterocycles. The molecule has 0 fully saturated rings. The summed E-state index contributed by atoms with van der Waals surface area (Å²) in [6.45, 7) is 4.52. The zero-order valence-electron chi connectivity index (χ0n) is 9.68. The first kappa shape index (κ1) is 11.4. The molecular formula is C15H16Se. The summed E-state index contributed by atoms with van der Waals surface area (Å²) in [7, 11) is 0. The molecule has 0 bridgehead atoms. The Labute approximate surface area is 104 Å². The molecule has 0 amide bonds. The summed E-state index contributed by atoms with van der Waals surface area (Å²) in [5, 5.41) is 0. The van der Waals surface area contributed by atoms with Gasteiger partial charge < -0.3 is 0 Å². The van der Waals surface area contributed by atoms with E-state index in [2.05, 4.69) is 68.4 Å². The van der Waals surface area contributed by atoms with Crippen LogP contribution >= 0.6 is 0 Å². The minimum absolute atomic E-state index is 0.521. The second-order valence-electron chi connectivity index (χ2n) is 3.94. The second-order valence-corrected chi connectivity index (χ2v) is 6.84. The predicted molar refractivity (Wildman–Crippen MR) is 71.4 cm³/mol. The zero-order chi connectivity index (χ0) is 11.4. The SMILES string of the molecule is Cc1ccccc1[Se]C(C)c1ccccc1. The van der Waals surface area contributed by atoms with E-state index in [9.17, 15) is 0 Å². The summed E-state index contributed by atoms with van der Waals surface area (Å²) in [6, 6.07) is 19.5. The van der Waals surface area contributed by atoms with Crippen molar-refractivity contribution in [1.29, 1.82) is 0 Å². The number of benzene rings is 2. The quantitative estimate of drug-likeness (QED) is 0.755. The molecule has 1 unspecified atom stereocenters. The van der Waals surface area contributed by atoms with Crippen LogP contribution in [0.15, 0.2) is 54.6 Å². The predicted octanol–water partition coefficient (Wildman–Crippen LogP) is 3.09. The van der Waals surface area contributed by atoms with Crippen LogP contribution in [-0.4, -0.2) is 15.0 Å². The second kappa shape index (κ2) is 5.34. The van der Waals surface area contributed by atoms with Crippen molar-refractivity contribution in [2.75, 3.05) is 0 Å². The van der Waals surface area contributed by atoms with Gasteiger partial charge in [0.2, 0.25) is 0 Å². The Kier molecular flexibility index (Phi) is 3.82. The molecule has 0 spiro atoms. The van der Waals surface area contributed by atoms with E-state index in [1.165, 1.54) is 15.6 Å². The molecule has 0 saturated carbocycles. The molecule has 2 aromatic carbocycles. The van der Waals surface area contributed by atoms with E-state index < -0.39 is 0 Å². The van der Waals surface area contributed by atoms with Crippen LogP contribution in [0.1, 0.15) is 22.9 Å². The van der Waals surface area contributed by atoms with Crippen LogP contribution in [0.4, 0.5) is 0 Å². The standard InChI is InChI=1S/C15H16Se/c1-12-8-6-7-11-15(12)16-13(2)14-9-4-3-5-10-14/h3-11,13H,1-2H3. The molecule has 0 radical (unpaired) electrons. The summed E-state index contributed by atoms with van der Waals surface area (Å²) in [4.78, 5) is 0.648. The van der Waals surface area contributed by atoms with E-state index >= 15 is 0 Å². The van der Waals surface area contributed by atoms with Gasteiger partial charge in [-0.15, -0.1) is 0 Å². The topological polar surface area (TPSA) is 0 Å². The molecule has 1 atom stereocenters. The third-order valence-electron chi connectivity index (χ3n) is 2.67. The van der Waals surface area contributed by atoms with Gasteiger partial charge in [0.25, 0.3) is 0 Å². The van der Waals surface area contributed by atoms with Gasteiger partial charge in [0.15, 0.2) is 0 Å². The van der Waals surface area contributed by atoms with Gasteiger partial charge in [-0.1, -0.05) is 0 Å². The normalized spacial score (nSPS) is 12.4. The van der Waals surface area contributed by atoms with Crippen LogP contribution in [0.5, 0.6) is 0 Å². The van der Waals surface area contributed by atoms with Crippen LogP contribution in [0.25, 0.3) is 0 Å². The Balaban J connectivity index is 2.14. The van der Waals surface area contributed by atoms with Gasteiger partial charge in [0.1, 0.15) is 0 Å². The first-order valence-electron chi connectivity index (χ1n) is 5.54. The maximum absolute atomic E-state index is 2.32. The summed E-state index contributed by atoms with van der Waals surface area (Å²) >= 11 is 0.521. The molecular weight excluding hydrogens is 259 g/mol. The maximum atomic E-state index is 2.32. The molecule has 0 aliphatic rings. The first-order valence-corrected chi connectivity index (χ1v) is 7.39. The number of hydrogen-bond acceptors (Lipinski definition) is 0. The van der Waals surface area contributed by atoms with Crippen molar-refractivity contribution in [2.45, 2.75) is 18.7 Å². The molecule has 2 rings (SSSR count). The van der Waals surface area contributed by atoms with Crippen LogP contribution in [-0.2, 0) is 0 Å². The van der Waals surface area contributed by atoms with Gasteiger partial charge in [-0.3, -0.25) is 0 Å². The Morgan fingerprint density at radius 3 is 2.19 bits per heavy atom. The summed E-state index contributed by atoms with van der Waals surface area (Å²) in [5.41, 5.74) is 2.87. The monoisotopic (exact) mass is 276 g/mol. The Morgan fingerprint density at radius 1 is 0.875 bits per heavy atom. The van der Waals surface area contributed by atoms with E-state index in [-0.39, 0.29) is 0 Å². The van der Waals surface area contributed by atoms with Crippen molar-refractivity contribution in [3.05, 3.63) is 65.7 Å².